The van der Waals surface area contributed by atoms with Crippen LogP contribution in [0.5, 0.6) is 0 Å². The monoisotopic (exact) mass is 456 g/mol. The van der Waals surface area contributed by atoms with Crippen LogP contribution in [0.25, 0.3) is 0 Å². The van der Waals surface area contributed by atoms with Gasteiger partial charge >= 0.3 is 6.09 Å². The molecule has 1 aromatic carbocycles. The summed E-state index contributed by atoms with van der Waals surface area (Å²) in [5.74, 6) is -1.32. The lowest BCUT2D eigenvalue weighted by atomic mass is 9.93. The Kier molecular flexibility index (Phi) is 7.21. The SMILES string of the molecule is CC(C)(C)CCOC(=O)N1CCC(C#N)[C@H](n2cc(C(N)=O)c(Nc3ccc(F)cc3)n2)C1. The van der Waals surface area contributed by atoms with Crippen LogP contribution in [0.2, 0.25) is 0 Å². The maximum atomic E-state index is 13.2. The van der Waals surface area contributed by atoms with E-state index in [1.54, 1.807) is 4.90 Å². The van der Waals surface area contributed by atoms with E-state index in [2.05, 4.69) is 37.3 Å². The molecule has 2 aromatic rings. The van der Waals surface area contributed by atoms with Crippen LogP contribution in [0.4, 0.5) is 20.7 Å². The number of carbonyl (C=O) groups is 2. The maximum absolute atomic E-state index is 13.2. The number of benzene rings is 1. The lowest BCUT2D eigenvalue weighted by molar-refractivity contribution is 0.0692. The van der Waals surface area contributed by atoms with Gasteiger partial charge in [-0.1, -0.05) is 20.8 Å². The molecule has 0 saturated carbocycles. The van der Waals surface area contributed by atoms with Crippen LogP contribution in [-0.4, -0.2) is 46.4 Å². The van der Waals surface area contributed by atoms with Gasteiger partial charge in [0.1, 0.15) is 11.4 Å². The van der Waals surface area contributed by atoms with Crippen LogP contribution in [0.3, 0.4) is 0 Å². The van der Waals surface area contributed by atoms with Crippen molar-refractivity contribution in [2.24, 2.45) is 17.1 Å². The molecule has 1 saturated heterocycles. The smallest absolute Gasteiger partial charge is 0.409 e. The Morgan fingerprint density at radius 3 is 2.64 bits per heavy atom. The fourth-order valence-corrected chi connectivity index (χ4v) is 3.56. The van der Waals surface area contributed by atoms with Crippen molar-refractivity contribution < 1.29 is 18.7 Å². The number of nitrogens with two attached hydrogens (primary N) is 1. The van der Waals surface area contributed by atoms with Crippen LogP contribution in [0, 0.1) is 28.5 Å². The summed E-state index contributed by atoms with van der Waals surface area (Å²) in [5.41, 5.74) is 6.22. The van der Waals surface area contributed by atoms with Gasteiger partial charge in [-0.05, 0) is 42.5 Å². The summed E-state index contributed by atoms with van der Waals surface area (Å²) in [6, 6.07) is 7.35. The zero-order valence-corrected chi connectivity index (χ0v) is 19.0. The molecule has 2 amide bonds. The van der Waals surface area contributed by atoms with Gasteiger partial charge < -0.3 is 20.7 Å². The van der Waals surface area contributed by atoms with Crippen LogP contribution in [0.15, 0.2) is 30.5 Å². The number of hydrogen-bond acceptors (Lipinski definition) is 6. The van der Waals surface area contributed by atoms with Crippen LogP contribution in [0.1, 0.15) is 50.0 Å². The number of primary amides is 1. The van der Waals surface area contributed by atoms with E-state index in [4.69, 9.17) is 10.5 Å². The number of nitrogens with one attached hydrogen (secondary N) is 1. The number of ether oxygens (including phenoxy) is 1. The van der Waals surface area contributed by atoms with Crippen molar-refractivity contribution in [3.05, 3.63) is 41.8 Å². The van der Waals surface area contributed by atoms with Crippen molar-refractivity contribution in [1.82, 2.24) is 14.7 Å². The fourth-order valence-electron chi connectivity index (χ4n) is 3.56. The molecular weight excluding hydrogens is 427 g/mol. The summed E-state index contributed by atoms with van der Waals surface area (Å²) < 4.78 is 20.1. The van der Waals surface area contributed by atoms with E-state index >= 15 is 0 Å². The van der Waals surface area contributed by atoms with E-state index in [1.165, 1.54) is 35.1 Å². The molecule has 2 atom stereocenters. The largest absolute Gasteiger partial charge is 0.449 e. The van der Waals surface area contributed by atoms with Gasteiger partial charge in [0.25, 0.3) is 5.91 Å². The second kappa shape index (κ2) is 9.90. The van der Waals surface area contributed by atoms with E-state index < -0.39 is 29.8 Å². The molecule has 1 unspecified atom stereocenters. The third-order valence-electron chi connectivity index (χ3n) is 5.53. The first-order valence-corrected chi connectivity index (χ1v) is 10.8. The van der Waals surface area contributed by atoms with Crippen LogP contribution >= 0.6 is 0 Å². The molecule has 0 aliphatic carbocycles. The normalized spacial score (nSPS) is 18.5. The van der Waals surface area contributed by atoms with Crippen molar-refractivity contribution in [3.8, 4) is 6.07 Å². The Balaban J connectivity index is 1.78. The van der Waals surface area contributed by atoms with Gasteiger partial charge in [0.15, 0.2) is 5.82 Å². The van der Waals surface area contributed by atoms with Crippen molar-refractivity contribution in [2.45, 2.75) is 39.7 Å². The molecule has 0 spiro atoms. The van der Waals surface area contributed by atoms with Crippen LogP contribution < -0.4 is 11.1 Å². The number of hydrogen-bond donors (Lipinski definition) is 2. The van der Waals surface area contributed by atoms with Gasteiger partial charge in [-0.25, -0.2) is 9.18 Å². The summed E-state index contributed by atoms with van der Waals surface area (Å²) in [6.07, 6.45) is 2.21. The molecule has 33 heavy (non-hydrogen) atoms. The third-order valence-corrected chi connectivity index (χ3v) is 5.53. The van der Waals surface area contributed by atoms with Gasteiger partial charge in [-0.3, -0.25) is 9.48 Å². The van der Waals surface area contributed by atoms with Gasteiger partial charge in [-0.15, -0.1) is 0 Å². The number of piperidine rings is 1. The Labute approximate surface area is 192 Å². The number of anilines is 2. The minimum atomic E-state index is -0.700. The first-order valence-electron chi connectivity index (χ1n) is 10.8. The number of aromatic nitrogens is 2. The van der Waals surface area contributed by atoms with E-state index in [0.29, 0.717) is 25.3 Å². The molecule has 1 aliphatic rings. The quantitative estimate of drug-likeness (QED) is 0.680. The number of halogens is 1. The average molecular weight is 457 g/mol. The molecule has 0 bridgehead atoms. The molecule has 2 heterocycles. The van der Waals surface area contributed by atoms with Crippen molar-refractivity contribution in [3.63, 3.8) is 0 Å². The maximum Gasteiger partial charge on any atom is 0.409 e. The molecular formula is C23H29FN6O3. The molecule has 3 N–H and O–H groups in total. The second-order valence-corrected chi connectivity index (χ2v) is 9.33. The van der Waals surface area contributed by atoms with E-state index in [9.17, 15) is 19.2 Å². The van der Waals surface area contributed by atoms with Gasteiger partial charge in [0.2, 0.25) is 0 Å². The standard InChI is InChI=1S/C23H29FN6O3/c1-23(2,3)9-11-33-22(32)29-10-8-15(12-25)19(14-29)30-13-18(20(26)31)21(28-30)27-17-6-4-16(24)5-7-17/h4-7,13,15,19H,8-11,14H2,1-3H3,(H2,26,31)(H,27,28)/t15?,19-/m1/s1. The first kappa shape index (κ1) is 24.0. The second-order valence-electron chi connectivity index (χ2n) is 9.33. The number of nitrogens with zero attached hydrogens (tertiary/aromatic N) is 4. The summed E-state index contributed by atoms with van der Waals surface area (Å²) in [5, 5.41) is 17.1. The number of amides is 2. The molecule has 9 nitrogen and oxygen atoms in total. The summed E-state index contributed by atoms with van der Waals surface area (Å²) >= 11 is 0. The van der Waals surface area contributed by atoms with E-state index in [-0.39, 0.29) is 23.3 Å². The lowest BCUT2D eigenvalue weighted by Gasteiger charge is -2.35. The minimum Gasteiger partial charge on any atom is -0.449 e. The van der Waals surface area contributed by atoms with Crippen molar-refractivity contribution in [1.29, 1.82) is 5.26 Å². The van der Waals surface area contributed by atoms with Crippen LogP contribution in [-0.2, 0) is 4.74 Å². The summed E-state index contributed by atoms with van der Waals surface area (Å²) in [6.45, 7) is 7.13. The number of carbonyl (C=O) groups excluding carboxylic acids is 2. The average Bonchev–Trinajstić information content (AvgIpc) is 3.18. The van der Waals surface area contributed by atoms with E-state index in [0.717, 1.165) is 6.42 Å². The molecule has 10 heteroatoms. The Bertz CT molecular complexity index is 1040. The molecule has 3 rings (SSSR count). The van der Waals surface area contributed by atoms with Crippen molar-refractivity contribution in [2.75, 3.05) is 25.0 Å². The zero-order valence-electron chi connectivity index (χ0n) is 19.0. The summed E-state index contributed by atoms with van der Waals surface area (Å²) in [7, 11) is 0. The Hall–Kier alpha value is -3.61. The fraction of sp³-hybridized carbons (Fsp3) is 0.478. The Morgan fingerprint density at radius 1 is 1.33 bits per heavy atom. The minimum absolute atomic E-state index is 0.0464. The highest BCUT2D eigenvalue weighted by molar-refractivity contribution is 5.98. The third kappa shape index (κ3) is 6.22. The highest BCUT2D eigenvalue weighted by atomic mass is 19.1. The highest BCUT2D eigenvalue weighted by Gasteiger charge is 2.35. The first-order chi connectivity index (χ1) is 15.6. The molecule has 1 aromatic heterocycles. The molecule has 176 valence electrons. The van der Waals surface area contributed by atoms with Crippen molar-refractivity contribution >= 4 is 23.5 Å². The molecule has 1 fully saturated rings. The van der Waals surface area contributed by atoms with E-state index in [1.807, 2.05) is 0 Å². The predicted octanol–water partition coefficient (Wildman–Crippen LogP) is 3.82. The van der Waals surface area contributed by atoms with Gasteiger partial charge in [-0.2, -0.15) is 10.4 Å². The number of rotatable bonds is 6. The molecule has 1 aliphatic heterocycles. The van der Waals surface area contributed by atoms with Gasteiger partial charge in [0.05, 0.1) is 24.6 Å². The zero-order chi connectivity index (χ0) is 24.2. The van der Waals surface area contributed by atoms with Gasteiger partial charge in [0, 0.05) is 25.0 Å². The lowest BCUT2D eigenvalue weighted by Crippen LogP contribution is -2.45. The highest BCUT2D eigenvalue weighted by Crippen LogP contribution is 2.30. The molecule has 0 radical (unpaired) electrons. The Morgan fingerprint density at radius 2 is 2.03 bits per heavy atom. The number of likely N-dealkylation sites (tertiary alicyclic amines) is 1. The topological polar surface area (TPSA) is 126 Å². The predicted molar refractivity (Wildman–Crippen MR) is 120 cm³/mol. The number of nitriles is 1. The summed E-state index contributed by atoms with van der Waals surface area (Å²) in [4.78, 5) is 26.1.